The highest BCUT2D eigenvalue weighted by Gasteiger charge is 2.35. The topological polar surface area (TPSA) is 147 Å². The summed E-state index contributed by atoms with van der Waals surface area (Å²) in [6, 6.07) is 12.5. The Morgan fingerprint density at radius 2 is 1.96 bits per heavy atom. The van der Waals surface area contributed by atoms with Crippen molar-refractivity contribution in [3.63, 3.8) is 0 Å². The minimum absolute atomic E-state index is 0.0145. The summed E-state index contributed by atoms with van der Waals surface area (Å²) in [6.45, 7) is 6.76. The van der Waals surface area contributed by atoms with Gasteiger partial charge in [0.15, 0.2) is 5.76 Å². The van der Waals surface area contributed by atoms with Crippen molar-refractivity contribution in [2.45, 2.75) is 57.6 Å². The molecule has 0 radical (unpaired) electrons. The number of anilines is 1. The largest absolute Gasteiger partial charge is 0.488 e. The van der Waals surface area contributed by atoms with Crippen molar-refractivity contribution in [2.75, 3.05) is 32.1 Å². The predicted molar refractivity (Wildman–Crippen MR) is 173 cm³/mol. The molecule has 46 heavy (non-hydrogen) atoms. The lowest BCUT2D eigenvalue weighted by molar-refractivity contribution is -0.134. The number of nitrogens with one attached hydrogen (secondary N) is 1. The summed E-state index contributed by atoms with van der Waals surface area (Å²) in [6.07, 6.45) is 1.42. The van der Waals surface area contributed by atoms with Crippen LogP contribution in [0.4, 0.5) is 5.69 Å². The van der Waals surface area contributed by atoms with Crippen molar-refractivity contribution in [2.24, 2.45) is 13.0 Å². The van der Waals surface area contributed by atoms with Gasteiger partial charge in [0.2, 0.25) is 21.8 Å². The Kier molecular flexibility index (Phi) is 9.57. The smallest absolute Gasteiger partial charge is 0.248 e. The van der Waals surface area contributed by atoms with Crippen LogP contribution in [0, 0.1) is 19.8 Å². The van der Waals surface area contributed by atoms with Gasteiger partial charge in [-0.2, -0.15) is 4.31 Å². The summed E-state index contributed by atoms with van der Waals surface area (Å²) in [5.74, 6) is -0.124. The summed E-state index contributed by atoms with van der Waals surface area (Å²) in [4.78, 5) is 28.4. The van der Waals surface area contributed by atoms with Crippen molar-refractivity contribution in [1.29, 1.82) is 0 Å². The number of sulfonamides is 1. The second kappa shape index (κ2) is 13.3. The Hall–Kier alpha value is -4.20. The summed E-state index contributed by atoms with van der Waals surface area (Å²) in [5, 5.41) is 17.7. The molecule has 0 bridgehead atoms. The molecule has 2 aromatic carbocycles. The zero-order valence-electron chi connectivity index (χ0n) is 27.0. The van der Waals surface area contributed by atoms with Crippen LogP contribution in [-0.4, -0.2) is 83.2 Å². The van der Waals surface area contributed by atoms with E-state index in [0.29, 0.717) is 17.0 Å². The number of aliphatic hydroxyl groups excluding tert-OH is 1. The number of nitrogens with zero attached hydrogens (tertiary/aromatic N) is 4. The molecular weight excluding hydrogens is 610 g/mol. The lowest BCUT2D eigenvalue weighted by atomic mass is 10.0. The zero-order valence-corrected chi connectivity index (χ0v) is 27.8. The first-order chi connectivity index (χ1) is 21.8. The van der Waals surface area contributed by atoms with Crippen LogP contribution in [0.15, 0.2) is 58.1 Å². The number of aromatic nitrogens is 2. The Labute approximate surface area is 269 Å². The fourth-order valence-electron chi connectivity index (χ4n) is 6.02. The fourth-order valence-corrected chi connectivity index (χ4v) is 7.49. The third kappa shape index (κ3) is 6.67. The maximum absolute atomic E-state index is 13.6. The first kappa shape index (κ1) is 33.2. The molecule has 2 amide bonds. The Bertz CT molecular complexity index is 1850. The normalized spacial score (nSPS) is 18.1. The SMILES string of the molecule is Cc1noc(C)c1S(=O)(=O)N(C)C[C@@H]1Oc2ccc(NC(=O)Cc3cn(C)c4ccccc34)cc2CC(=O)N([C@H](C)CO)C[C@@H]1C. The number of fused-ring (bicyclic) bond motifs is 2. The molecule has 246 valence electrons. The van der Waals surface area contributed by atoms with Crippen molar-refractivity contribution < 1.29 is 32.4 Å². The molecule has 1 aliphatic heterocycles. The standard InChI is InChI=1S/C33H41N5O7S/c1-20-16-38(21(2)19-39)32(41)15-24-13-26(34-31(40)14-25-17-36(5)28-10-8-7-9-27(25)28)11-12-29(24)44-30(20)18-37(6)46(42,43)33-22(3)35-45-23(33)4/h7-13,17,20-21,30,39H,14-16,18-19H2,1-6H3,(H,34,40)/t20-,21+,30-/m0/s1. The molecule has 2 aromatic heterocycles. The number of hydrogen-bond acceptors (Lipinski definition) is 8. The molecule has 3 heterocycles. The first-order valence-corrected chi connectivity index (χ1v) is 16.7. The summed E-state index contributed by atoms with van der Waals surface area (Å²) in [5.41, 5.74) is 3.25. The van der Waals surface area contributed by atoms with E-state index < -0.39 is 22.2 Å². The molecule has 0 spiro atoms. The third-order valence-corrected chi connectivity index (χ3v) is 10.7. The minimum atomic E-state index is -3.96. The van der Waals surface area contributed by atoms with E-state index in [1.165, 1.54) is 11.4 Å². The molecule has 4 aromatic rings. The quantitative estimate of drug-likeness (QED) is 0.280. The number of hydrogen-bond donors (Lipinski definition) is 2. The maximum Gasteiger partial charge on any atom is 0.248 e. The number of amides is 2. The summed E-state index contributed by atoms with van der Waals surface area (Å²) < 4.78 is 41.9. The molecule has 13 heteroatoms. The van der Waals surface area contributed by atoms with Crippen molar-refractivity contribution in [3.8, 4) is 5.75 Å². The number of aryl methyl sites for hydroxylation is 3. The number of ether oxygens (including phenoxy) is 1. The van der Waals surface area contributed by atoms with E-state index in [1.54, 1.807) is 43.9 Å². The van der Waals surface area contributed by atoms with Crippen molar-refractivity contribution >= 4 is 38.4 Å². The van der Waals surface area contributed by atoms with Gasteiger partial charge in [-0.3, -0.25) is 9.59 Å². The van der Waals surface area contributed by atoms with Crippen LogP contribution < -0.4 is 10.1 Å². The van der Waals surface area contributed by atoms with E-state index in [2.05, 4.69) is 10.5 Å². The van der Waals surface area contributed by atoms with Crippen LogP contribution in [0.1, 0.15) is 36.4 Å². The summed E-state index contributed by atoms with van der Waals surface area (Å²) in [7, 11) is -0.551. The van der Waals surface area contributed by atoms with Gasteiger partial charge < -0.3 is 29.2 Å². The van der Waals surface area contributed by atoms with E-state index in [0.717, 1.165) is 16.5 Å². The maximum atomic E-state index is 13.6. The van der Waals surface area contributed by atoms with Crippen LogP contribution in [-0.2, 0) is 39.5 Å². The Morgan fingerprint density at radius 3 is 2.65 bits per heavy atom. The fraction of sp³-hybridized carbons (Fsp3) is 0.424. The first-order valence-electron chi connectivity index (χ1n) is 15.2. The van der Waals surface area contributed by atoms with Gasteiger partial charge in [0.1, 0.15) is 22.4 Å². The van der Waals surface area contributed by atoms with Gasteiger partial charge in [0, 0.05) is 54.9 Å². The van der Waals surface area contributed by atoms with Gasteiger partial charge in [-0.25, -0.2) is 8.42 Å². The average Bonchev–Trinajstić information content (AvgIpc) is 3.53. The number of benzene rings is 2. The monoisotopic (exact) mass is 651 g/mol. The molecule has 0 unspecified atom stereocenters. The van der Waals surface area contributed by atoms with Crippen molar-refractivity contribution in [1.82, 2.24) is 18.9 Å². The molecule has 0 aliphatic carbocycles. The lowest BCUT2D eigenvalue weighted by Gasteiger charge is -2.33. The van der Waals surface area contributed by atoms with E-state index in [9.17, 15) is 23.1 Å². The van der Waals surface area contributed by atoms with Crippen LogP contribution >= 0.6 is 0 Å². The molecule has 0 fully saturated rings. The second-order valence-corrected chi connectivity index (χ2v) is 14.1. The molecular formula is C33H41N5O7S. The number of carbonyl (C=O) groups is 2. The number of carbonyl (C=O) groups excluding carboxylic acids is 2. The van der Waals surface area contributed by atoms with Crippen LogP contribution in [0.3, 0.4) is 0 Å². The van der Waals surface area contributed by atoms with E-state index in [-0.39, 0.29) is 66.6 Å². The highest BCUT2D eigenvalue weighted by atomic mass is 32.2. The molecule has 1 aliphatic rings. The average molecular weight is 652 g/mol. The second-order valence-electron chi connectivity index (χ2n) is 12.2. The lowest BCUT2D eigenvalue weighted by Crippen LogP contribution is -2.48. The third-order valence-electron chi connectivity index (χ3n) is 8.60. The van der Waals surface area contributed by atoms with E-state index in [1.807, 2.05) is 49.0 Å². The molecule has 2 N–H and O–H groups in total. The highest BCUT2D eigenvalue weighted by Crippen LogP contribution is 2.31. The highest BCUT2D eigenvalue weighted by molar-refractivity contribution is 7.89. The van der Waals surface area contributed by atoms with Crippen LogP contribution in [0.5, 0.6) is 5.75 Å². The number of rotatable bonds is 9. The van der Waals surface area contributed by atoms with Gasteiger partial charge in [0.25, 0.3) is 0 Å². The predicted octanol–water partition coefficient (Wildman–Crippen LogP) is 3.43. The van der Waals surface area contributed by atoms with E-state index in [4.69, 9.17) is 9.26 Å². The molecule has 0 saturated heterocycles. The van der Waals surface area contributed by atoms with Gasteiger partial charge in [-0.05, 0) is 50.6 Å². The van der Waals surface area contributed by atoms with Gasteiger partial charge in [0.05, 0.1) is 32.0 Å². The van der Waals surface area contributed by atoms with Gasteiger partial charge in [-0.15, -0.1) is 0 Å². The van der Waals surface area contributed by atoms with E-state index >= 15 is 0 Å². The zero-order chi connectivity index (χ0) is 33.3. The van der Waals surface area contributed by atoms with Crippen molar-refractivity contribution in [3.05, 3.63) is 71.2 Å². The molecule has 12 nitrogen and oxygen atoms in total. The van der Waals surface area contributed by atoms with Crippen LogP contribution in [0.25, 0.3) is 10.9 Å². The number of para-hydroxylation sites is 1. The summed E-state index contributed by atoms with van der Waals surface area (Å²) >= 11 is 0. The molecule has 3 atom stereocenters. The Balaban J connectivity index is 1.42. The minimum Gasteiger partial charge on any atom is -0.488 e. The number of aliphatic hydroxyl groups is 1. The number of likely N-dealkylation sites (N-methyl/N-ethyl adjacent to an activating group) is 1. The molecule has 0 saturated carbocycles. The Morgan fingerprint density at radius 1 is 1.22 bits per heavy atom. The van der Waals surface area contributed by atoms with Crippen LogP contribution in [0.2, 0.25) is 0 Å². The van der Waals surface area contributed by atoms with Gasteiger partial charge >= 0.3 is 0 Å². The molecule has 5 rings (SSSR count). The van der Waals surface area contributed by atoms with Gasteiger partial charge in [-0.1, -0.05) is 30.3 Å².